The van der Waals surface area contributed by atoms with Crippen LogP contribution in [0.2, 0.25) is 5.02 Å². The SMILES string of the molecule is Cc1ccc(Cl)cc1NC(=O)C1CCCCC1N. The molecule has 2 unspecified atom stereocenters. The summed E-state index contributed by atoms with van der Waals surface area (Å²) < 4.78 is 0. The molecular formula is C14H19ClN2O. The highest BCUT2D eigenvalue weighted by Crippen LogP contribution is 2.26. The molecule has 3 nitrogen and oxygen atoms in total. The average molecular weight is 267 g/mol. The van der Waals surface area contributed by atoms with Crippen LogP contribution in [0.5, 0.6) is 0 Å². The number of anilines is 1. The first-order valence-corrected chi connectivity index (χ1v) is 6.78. The molecule has 0 radical (unpaired) electrons. The number of nitrogens with one attached hydrogen (secondary N) is 1. The first kappa shape index (κ1) is 13.4. The summed E-state index contributed by atoms with van der Waals surface area (Å²) in [4.78, 5) is 12.2. The summed E-state index contributed by atoms with van der Waals surface area (Å²) >= 11 is 5.94. The van der Waals surface area contributed by atoms with E-state index in [-0.39, 0.29) is 17.9 Å². The van der Waals surface area contributed by atoms with Crippen molar-refractivity contribution in [3.05, 3.63) is 28.8 Å². The van der Waals surface area contributed by atoms with Crippen LogP contribution in [0.25, 0.3) is 0 Å². The van der Waals surface area contributed by atoms with E-state index in [2.05, 4.69) is 5.32 Å². The molecule has 1 aliphatic rings. The van der Waals surface area contributed by atoms with Gasteiger partial charge in [0.1, 0.15) is 0 Å². The predicted octanol–water partition coefficient (Wildman–Crippen LogP) is 3.10. The lowest BCUT2D eigenvalue weighted by Crippen LogP contribution is -2.40. The van der Waals surface area contributed by atoms with Crippen molar-refractivity contribution in [2.75, 3.05) is 5.32 Å². The molecule has 0 spiro atoms. The van der Waals surface area contributed by atoms with Crippen LogP contribution in [0.3, 0.4) is 0 Å². The van der Waals surface area contributed by atoms with Gasteiger partial charge in [-0.05, 0) is 37.5 Å². The van der Waals surface area contributed by atoms with Crippen LogP contribution in [-0.2, 0) is 4.79 Å². The number of carbonyl (C=O) groups is 1. The van der Waals surface area contributed by atoms with Gasteiger partial charge < -0.3 is 11.1 Å². The summed E-state index contributed by atoms with van der Waals surface area (Å²) in [6.45, 7) is 1.95. The van der Waals surface area contributed by atoms with Crippen molar-refractivity contribution in [2.45, 2.75) is 38.6 Å². The van der Waals surface area contributed by atoms with Crippen LogP contribution in [-0.4, -0.2) is 11.9 Å². The van der Waals surface area contributed by atoms with Crippen molar-refractivity contribution in [1.82, 2.24) is 0 Å². The van der Waals surface area contributed by atoms with Crippen molar-refractivity contribution < 1.29 is 4.79 Å². The van der Waals surface area contributed by atoms with Crippen LogP contribution >= 0.6 is 11.6 Å². The van der Waals surface area contributed by atoms with E-state index in [0.29, 0.717) is 5.02 Å². The highest BCUT2D eigenvalue weighted by molar-refractivity contribution is 6.31. The van der Waals surface area contributed by atoms with Gasteiger partial charge in [-0.2, -0.15) is 0 Å². The van der Waals surface area contributed by atoms with Gasteiger partial charge in [-0.15, -0.1) is 0 Å². The molecule has 98 valence electrons. The van der Waals surface area contributed by atoms with Gasteiger partial charge in [0.05, 0.1) is 5.92 Å². The van der Waals surface area contributed by atoms with Crippen molar-refractivity contribution >= 4 is 23.2 Å². The second-order valence-corrected chi connectivity index (χ2v) is 5.44. The molecule has 0 saturated heterocycles. The van der Waals surface area contributed by atoms with E-state index in [1.54, 1.807) is 6.07 Å². The predicted molar refractivity (Wildman–Crippen MR) is 74.8 cm³/mol. The van der Waals surface area contributed by atoms with Crippen molar-refractivity contribution in [2.24, 2.45) is 11.7 Å². The number of nitrogens with two attached hydrogens (primary N) is 1. The van der Waals surface area contributed by atoms with Crippen LogP contribution in [0.1, 0.15) is 31.2 Å². The van der Waals surface area contributed by atoms with Gasteiger partial charge in [-0.3, -0.25) is 4.79 Å². The summed E-state index contributed by atoms with van der Waals surface area (Å²) in [6, 6.07) is 5.49. The summed E-state index contributed by atoms with van der Waals surface area (Å²) in [6.07, 6.45) is 4.03. The van der Waals surface area contributed by atoms with E-state index in [9.17, 15) is 4.79 Å². The van der Waals surface area contributed by atoms with Crippen LogP contribution in [0, 0.1) is 12.8 Å². The third kappa shape index (κ3) is 3.03. The minimum atomic E-state index is -0.0721. The summed E-state index contributed by atoms with van der Waals surface area (Å²) in [5.74, 6) is -0.0512. The van der Waals surface area contributed by atoms with E-state index >= 15 is 0 Å². The monoisotopic (exact) mass is 266 g/mol. The third-order valence-corrected chi connectivity index (χ3v) is 3.85. The number of aryl methyl sites for hydroxylation is 1. The highest BCUT2D eigenvalue weighted by atomic mass is 35.5. The maximum absolute atomic E-state index is 12.2. The van der Waals surface area contributed by atoms with Gasteiger partial charge in [-0.1, -0.05) is 30.5 Å². The van der Waals surface area contributed by atoms with E-state index in [0.717, 1.165) is 36.9 Å². The number of benzene rings is 1. The van der Waals surface area contributed by atoms with E-state index in [4.69, 9.17) is 17.3 Å². The Morgan fingerprint density at radius 1 is 1.39 bits per heavy atom. The Balaban J connectivity index is 2.08. The van der Waals surface area contributed by atoms with E-state index < -0.39 is 0 Å². The number of amides is 1. The Kier molecular flexibility index (Phi) is 4.25. The molecule has 1 aliphatic carbocycles. The van der Waals surface area contributed by atoms with Gasteiger partial charge >= 0.3 is 0 Å². The van der Waals surface area contributed by atoms with Crippen LogP contribution < -0.4 is 11.1 Å². The Labute approximate surface area is 113 Å². The fraction of sp³-hybridized carbons (Fsp3) is 0.500. The zero-order valence-corrected chi connectivity index (χ0v) is 11.3. The Hall–Kier alpha value is -1.06. The summed E-state index contributed by atoms with van der Waals surface area (Å²) in [7, 11) is 0. The lowest BCUT2D eigenvalue weighted by Gasteiger charge is -2.27. The number of hydrogen-bond acceptors (Lipinski definition) is 2. The summed E-state index contributed by atoms with van der Waals surface area (Å²) in [5, 5.41) is 3.58. The second-order valence-electron chi connectivity index (χ2n) is 5.00. The zero-order valence-electron chi connectivity index (χ0n) is 10.6. The second kappa shape index (κ2) is 5.72. The van der Waals surface area contributed by atoms with Gasteiger partial charge in [0, 0.05) is 16.8 Å². The number of carbonyl (C=O) groups excluding carboxylic acids is 1. The average Bonchev–Trinajstić information content (AvgIpc) is 2.34. The molecule has 3 N–H and O–H groups in total. The molecule has 2 rings (SSSR count). The molecule has 1 fully saturated rings. The van der Waals surface area contributed by atoms with Gasteiger partial charge in [0.2, 0.25) is 5.91 Å². The molecule has 0 heterocycles. The smallest absolute Gasteiger partial charge is 0.229 e. The highest BCUT2D eigenvalue weighted by Gasteiger charge is 2.28. The van der Waals surface area contributed by atoms with E-state index in [1.807, 2.05) is 19.1 Å². The lowest BCUT2D eigenvalue weighted by molar-refractivity contribution is -0.121. The molecule has 1 aromatic carbocycles. The molecule has 2 atom stereocenters. The maximum Gasteiger partial charge on any atom is 0.229 e. The minimum absolute atomic E-state index is 0.0155. The number of hydrogen-bond donors (Lipinski definition) is 2. The molecule has 1 aromatic rings. The number of halogens is 1. The van der Waals surface area contributed by atoms with Gasteiger partial charge in [0.25, 0.3) is 0 Å². The lowest BCUT2D eigenvalue weighted by atomic mass is 9.84. The zero-order chi connectivity index (χ0) is 13.1. The van der Waals surface area contributed by atoms with Crippen molar-refractivity contribution in [3.63, 3.8) is 0 Å². The molecule has 0 bridgehead atoms. The third-order valence-electron chi connectivity index (χ3n) is 3.61. The molecule has 1 saturated carbocycles. The van der Waals surface area contributed by atoms with Gasteiger partial charge in [0.15, 0.2) is 0 Å². The molecular weight excluding hydrogens is 248 g/mol. The molecule has 18 heavy (non-hydrogen) atoms. The molecule has 0 aromatic heterocycles. The Morgan fingerprint density at radius 2 is 2.11 bits per heavy atom. The fourth-order valence-electron chi connectivity index (χ4n) is 2.44. The Bertz CT molecular complexity index is 447. The molecule has 0 aliphatic heterocycles. The summed E-state index contributed by atoms with van der Waals surface area (Å²) in [5.41, 5.74) is 7.81. The minimum Gasteiger partial charge on any atom is -0.327 e. The fourth-order valence-corrected chi connectivity index (χ4v) is 2.61. The quantitative estimate of drug-likeness (QED) is 0.864. The molecule has 4 heteroatoms. The van der Waals surface area contributed by atoms with Crippen LogP contribution in [0.4, 0.5) is 5.69 Å². The van der Waals surface area contributed by atoms with Crippen molar-refractivity contribution in [3.8, 4) is 0 Å². The molecule has 1 amide bonds. The number of rotatable bonds is 2. The van der Waals surface area contributed by atoms with Crippen LogP contribution in [0.15, 0.2) is 18.2 Å². The first-order valence-electron chi connectivity index (χ1n) is 6.40. The first-order chi connectivity index (χ1) is 8.58. The van der Waals surface area contributed by atoms with Crippen molar-refractivity contribution in [1.29, 1.82) is 0 Å². The van der Waals surface area contributed by atoms with Gasteiger partial charge in [-0.25, -0.2) is 0 Å². The Morgan fingerprint density at radius 3 is 2.83 bits per heavy atom. The standard InChI is InChI=1S/C14H19ClN2O/c1-9-6-7-10(15)8-13(9)17-14(18)11-4-2-3-5-12(11)16/h6-8,11-12H,2-5,16H2,1H3,(H,17,18). The topological polar surface area (TPSA) is 55.1 Å². The van der Waals surface area contributed by atoms with E-state index in [1.165, 1.54) is 0 Å². The largest absolute Gasteiger partial charge is 0.327 e. The maximum atomic E-state index is 12.2. The normalized spacial score (nSPS) is 23.7.